The van der Waals surface area contributed by atoms with Crippen molar-refractivity contribution < 1.29 is 0 Å². The molecule has 0 atom stereocenters. The second-order valence-electron chi connectivity index (χ2n) is 3.51. The maximum atomic E-state index is 5.61. The number of hydrogen-bond donors (Lipinski definition) is 1. The van der Waals surface area contributed by atoms with Gasteiger partial charge in [0, 0.05) is 5.39 Å². The van der Waals surface area contributed by atoms with Crippen molar-refractivity contribution in [1.82, 2.24) is 4.98 Å². The van der Waals surface area contributed by atoms with Crippen LogP contribution in [0.1, 0.15) is 18.9 Å². The van der Waals surface area contributed by atoms with Crippen LogP contribution in [0, 0.1) is 0 Å². The van der Waals surface area contributed by atoms with Crippen LogP contribution in [0.25, 0.3) is 10.9 Å². The van der Waals surface area contributed by atoms with Gasteiger partial charge in [0.05, 0.1) is 5.52 Å². The molecule has 2 nitrogen and oxygen atoms in total. The summed E-state index contributed by atoms with van der Waals surface area (Å²) in [7, 11) is 0. The van der Waals surface area contributed by atoms with Crippen LogP contribution in [-0.2, 0) is 6.42 Å². The van der Waals surface area contributed by atoms with Gasteiger partial charge in [-0.3, -0.25) is 0 Å². The lowest BCUT2D eigenvalue weighted by molar-refractivity contribution is 0.923. The minimum Gasteiger partial charge on any atom is -0.384 e. The molecule has 2 heteroatoms. The molecule has 72 valence electrons. The summed E-state index contributed by atoms with van der Waals surface area (Å²) in [6.45, 7) is 2.19. The topological polar surface area (TPSA) is 38.9 Å². The Bertz CT molecular complexity index is 449. The standard InChI is InChI=1S/C12H14N2/c1-2-3-9-4-6-11-10(8-9)5-7-12(13)14-11/h4-8H,2-3H2,1H3,(H2,13,14). The third-order valence-electron chi connectivity index (χ3n) is 2.31. The Morgan fingerprint density at radius 3 is 2.86 bits per heavy atom. The van der Waals surface area contributed by atoms with E-state index in [0.717, 1.165) is 11.9 Å². The third kappa shape index (κ3) is 1.69. The lowest BCUT2D eigenvalue weighted by atomic mass is 10.1. The van der Waals surface area contributed by atoms with Crippen LogP contribution >= 0.6 is 0 Å². The van der Waals surface area contributed by atoms with Crippen LogP contribution in [0.2, 0.25) is 0 Å². The summed E-state index contributed by atoms with van der Waals surface area (Å²) in [5.41, 5.74) is 7.95. The summed E-state index contributed by atoms with van der Waals surface area (Å²) in [6, 6.07) is 10.2. The first-order valence-corrected chi connectivity index (χ1v) is 4.95. The largest absolute Gasteiger partial charge is 0.384 e. The van der Waals surface area contributed by atoms with Gasteiger partial charge in [0.2, 0.25) is 0 Å². The molecule has 0 spiro atoms. The van der Waals surface area contributed by atoms with Crippen molar-refractivity contribution in [2.24, 2.45) is 0 Å². The van der Waals surface area contributed by atoms with Crippen LogP contribution in [-0.4, -0.2) is 4.98 Å². The van der Waals surface area contributed by atoms with Gasteiger partial charge < -0.3 is 5.73 Å². The SMILES string of the molecule is CCCc1ccc2nc(N)ccc2c1. The first kappa shape index (κ1) is 9.00. The minimum atomic E-state index is 0.584. The highest BCUT2D eigenvalue weighted by Gasteiger charge is 1.97. The third-order valence-corrected chi connectivity index (χ3v) is 2.31. The lowest BCUT2D eigenvalue weighted by Crippen LogP contribution is -1.90. The molecule has 0 radical (unpaired) electrons. The van der Waals surface area contributed by atoms with Gasteiger partial charge in [-0.05, 0) is 36.2 Å². The monoisotopic (exact) mass is 186 g/mol. The number of benzene rings is 1. The summed E-state index contributed by atoms with van der Waals surface area (Å²) >= 11 is 0. The molecule has 0 unspecified atom stereocenters. The Morgan fingerprint density at radius 1 is 1.21 bits per heavy atom. The van der Waals surface area contributed by atoms with Gasteiger partial charge in [-0.1, -0.05) is 19.4 Å². The van der Waals surface area contributed by atoms with Crippen molar-refractivity contribution in [3.8, 4) is 0 Å². The van der Waals surface area contributed by atoms with E-state index in [1.807, 2.05) is 18.2 Å². The second kappa shape index (κ2) is 3.66. The molecule has 2 aromatic rings. The molecular weight excluding hydrogens is 172 g/mol. The second-order valence-corrected chi connectivity index (χ2v) is 3.51. The normalized spacial score (nSPS) is 10.6. The Labute approximate surface area is 83.8 Å². The maximum Gasteiger partial charge on any atom is 0.124 e. The Balaban J connectivity index is 2.50. The molecule has 0 bridgehead atoms. The minimum absolute atomic E-state index is 0.584. The summed E-state index contributed by atoms with van der Waals surface area (Å²) in [4.78, 5) is 4.25. The number of aromatic nitrogens is 1. The molecule has 0 saturated carbocycles. The zero-order valence-corrected chi connectivity index (χ0v) is 8.33. The number of nitrogen functional groups attached to an aromatic ring is 1. The first-order chi connectivity index (χ1) is 6.79. The summed E-state index contributed by atoms with van der Waals surface area (Å²) in [5, 5.41) is 1.17. The fourth-order valence-corrected chi connectivity index (χ4v) is 1.63. The summed E-state index contributed by atoms with van der Waals surface area (Å²) in [6.07, 6.45) is 2.30. The van der Waals surface area contributed by atoms with E-state index in [1.54, 1.807) is 0 Å². The van der Waals surface area contributed by atoms with Crippen molar-refractivity contribution in [2.75, 3.05) is 5.73 Å². The van der Waals surface area contributed by atoms with E-state index in [0.29, 0.717) is 5.82 Å². The number of nitrogens with zero attached hydrogens (tertiary/aromatic N) is 1. The van der Waals surface area contributed by atoms with Crippen molar-refractivity contribution in [3.05, 3.63) is 35.9 Å². The van der Waals surface area contributed by atoms with Crippen LogP contribution < -0.4 is 5.73 Å². The molecular formula is C12H14N2. The van der Waals surface area contributed by atoms with E-state index in [2.05, 4.69) is 24.0 Å². The first-order valence-electron chi connectivity index (χ1n) is 4.95. The van der Waals surface area contributed by atoms with E-state index in [4.69, 9.17) is 5.73 Å². The molecule has 0 aliphatic carbocycles. The Kier molecular flexibility index (Phi) is 2.35. The number of fused-ring (bicyclic) bond motifs is 1. The fourth-order valence-electron chi connectivity index (χ4n) is 1.63. The Morgan fingerprint density at radius 2 is 2.07 bits per heavy atom. The smallest absolute Gasteiger partial charge is 0.124 e. The van der Waals surface area contributed by atoms with Crippen LogP contribution in [0.4, 0.5) is 5.82 Å². The van der Waals surface area contributed by atoms with Gasteiger partial charge in [0.15, 0.2) is 0 Å². The zero-order valence-electron chi connectivity index (χ0n) is 8.33. The number of anilines is 1. The van der Waals surface area contributed by atoms with Gasteiger partial charge in [-0.2, -0.15) is 0 Å². The number of hydrogen-bond acceptors (Lipinski definition) is 2. The highest BCUT2D eigenvalue weighted by molar-refractivity contribution is 5.80. The predicted molar refractivity (Wildman–Crippen MR) is 60.2 cm³/mol. The van der Waals surface area contributed by atoms with E-state index in [9.17, 15) is 0 Å². The molecule has 1 aromatic heterocycles. The molecule has 2 rings (SSSR count). The van der Waals surface area contributed by atoms with Gasteiger partial charge >= 0.3 is 0 Å². The lowest BCUT2D eigenvalue weighted by Gasteiger charge is -2.02. The average Bonchev–Trinajstić information content (AvgIpc) is 2.19. The van der Waals surface area contributed by atoms with E-state index < -0.39 is 0 Å². The van der Waals surface area contributed by atoms with Crippen LogP contribution in [0.5, 0.6) is 0 Å². The fraction of sp³-hybridized carbons (Fsp3) is 0.250. The van der Waals surface area contributed by atoms with Gasteiger partial charge in [0.1, 0.15) is 5.82 Å². The highest BCUT2D eigenvalue weighted by atomic mass is 14.8. The molecule has 1 aromatic carbocycles. The molecule has 0 saturated heterocycles. The van der Waals surface area contributed by atoms with Gasteiger partial charge in [-0.25, -0.2) is 4.98 Å². The van der Waals surface area contributed by atoms with Crippen molar-refractivity contribution in [2.45, 2.75) is 19.8 Å². The maximum absolute atomic E-state index is 5.61. The van der Waals surface area contributed by atoms with Crippen molar-refractivity contribution in [3.63, 3.8) is 0 Å². The Hall–Kier alpha value is -1.57. The number of pyridine rings is 1. The van der Waals surface area contributed by atoms with Crippen molar-refractivity contribution in [1.29, 1.82) is 0 Å². The van der Waals surface area contributed by atoms with Crippen LogP contribution in [0.15, 0.2) is 30.3 Å². The highest BCUT2D eigenvalue weighted by Crippen LogP contribution is 2.16. The van der Waals surface area contributed by atoms with Gasteiger partial charge in [-0.15, -0.1) is 0 Å². The number of aryl methyl sites for hydroxylation is 1. The number of nitrogens with two attached hydrogens (primary N) is 1. The molecule has 0 amide bonds. The zero-order chi connectivity index (χ0) is 9.97. The summed E-state index contributed by atoms with van der Waals surface area (Å²) < 4.78 is 0. The molecule has 14 heavy (non-hydrogen) atoms. The van der Waals surface area contributed by atoms with E-state index in [1.165, 1.54) is 17.4 Å². The molecule has 1 heterocycles. The summed E-state index contributed by atoms with van der Waals surface area (Å²) in [5.74, 6) is 0.584. The quantitative estimate of drug-likeness (QED) is 0.783. The molecule has 0 fully saturated rings. The van der Waals surface area contributed by atoms with Crippen molar-refractivity contribution >= 4 is 16.7 Å². The van der Waals surface area contributed by atoms with Crippen LogP contribution in [0.3, 0.4) is 0 Å². The molecule has 0 aliphatic rings. The molecule has 0 aliphatic heterocycles. The number of rotatable bonds is 2. The van der Waals surface area contributed by atoms with Gasteiger partial charge in [0.25, 0.3) is 0 Å². The van der Waals surface area contributed by atoms with E-state index in [-0.39, 0.29) is 0 Å². The molecule has 2 N–H and O–H groups in total. The predicted octanol–water partition coefficient (Wildman–Crippen LogP) is 2.77. The van der Waals surface area contributed by atoms with E-state index >= 15 is 0 Å². The average molecular weight is 186 g/mol.